The summed E-state index contributed by atoms with van der Waals surface area (Å²) in [4.78, 5) is 9.06. The van der Waals surface area contributed by atoms with E-state index in [2.05, 4.69) is 28.9 Å². The Hall–Kier alpha value is -2.43. The molecule has 2 aromatic heterocycles. The van der Waals surface area contributed by atoms with Crippen LogP contribution in [0.15, 0.2) is 30.5 Å². The van der Waals surface area contributed by atoms with Gasteiger partial charge in [0.15, 0.2) is 5.82 Å². The van der Waals surface area contributed by atoms with E-state index in [0.29, 0.717) is 17.6 Å². The zero-order valence-electron chi connectivity index (χ0n) is 11.8. The molecule has 0 aliphatic rings. The lowest BCUT2D eigenvalue weighted by Gasteiger charge is -2.05. The molecule has 0 spiro atoms. The van der Waals surface area contributed by atoms with Crippen molar-refractivity contribution in [3.8, 4) is 11.3 Å². The highest BCUT2D eigenvalue weighted by molar-refractivity contribution is 5.82. The van der Waals surface area contributed by atoms with Gasteiger partial charge in [0.1, 0.15) is 5.69 Å². The van der Waals surface area contributed by atoms with Gasteiger partial charge in [-0.1, -0.05) is 12.1 Å². The molecule has 102 valence electrons. The summed E-state index contributed by atoms with van der Waals surface area (Å²) in [6.45, 7) is 6.14. The second kappa shape index (κ2) is 4.59. The van der Waals surface area contributed by atoms with Gasteiger partial charge in [0.05, 0.1) is 16.7 Å². The zero-order chi connectivity index (χ0) is 14.3. The molecule has 0 radical (unpaired) electrons. The molecule has 0 unspecified atom stereocenters. The van der Waals surface area contributed by atoms with Gasteiger partial charge in [0, 0.05) is 17.8 Å². The molecular formula is C15H17N5. The van der Waals surface area contributed by atoms with Crippen molar-refractivity contribution < 1.29 is 0 Å². The lowest BCUT2D eigenvalue weighted by molar-refractivity contribution is 0.529. The van der Waals surface area contributed by atoms with E-state index in [9.17, 15) is 0 Å². The first-order chi connectivity index (χ1) is 9.56. The fourth-order valence-corrected chi connectivity index (χ4v) is 2.19. The molecule has 5 nitrogen and oxygen atoms in total. The average Bonchev–Trinajstić information content (AvgIpc) is 2.80. The van der Waals surface area contributed by atoms with Crippen LogP contribution in [0, 0.1) is 6.92 Å². The van der Waals surface area contributed by atoms with Gasteiger partial charge in [-0.15, -0.1) is 0 Å². The second-order valence-corrected chi connectivity index (χ2v) is 5.15. The third-order valence-electron chi connectivity index (χ3n) is 3.30. The number of benzene rings is 1. The lowest BCUT2D eigenvalue weighted by atomic mass is 10.1. The van der Waals surface area contributed by atoms with Crippen molar-refractivity contribution in [3.05, 3.63) is 36.2 Å². The third kappa shape index (κ3) is 2.01. The minimum Gasteiger partial charge on any atom is -0.382 e. The largest absolute Gasteiger partial charge is 0.382 e. The fraction of sp³-hybridized carbons (Fsp3) is 0.267. The topological polar surface area (TPSA) is 69.6 Å². The third-order valence-corrected chi connectivity index (χ3v) is 3.30. The fourth-order valence-electron chi connectivity index (χ4n) is 2.19. The Bertz CT molecular complexity index is 773. The number of hydrogen-bond acceptors (Lipinski definition) is 4. The molecule has 2 N–H and O–H groups in total. The van der Waals surface area contributed by atoms with Gasteiger partial charge in [0.25, 0.3) is 0 Å². The summed E-state index contributed by atoms with van der Waals surface area (Å²) in [5.74, 6) is 0.440. The Morgan fingerprint density at radius 3 is 2.35 bits per heavy atom. The molecule has 0 aliphatic heterocycles. The van der Waals surface area contributed by atoms with Crippen LogP contribution in [0.1, 0.15) is 25.6 Å². The molecule has 0 saturated carbocycles. The number of aromatic nitrogens is 4. The number of nitrogens with zero attached hydrogens (tertiary/aromatic N) is 4. The summed E-state index contributed by atoms with van der Waals surface area (Å²) in [6.07, 6.45) is 1.98. The van der Waals surface area contributed by atoms with Crippen LogP contribution < -0.4 is 5.73 Å². The first-order valence-corrected chi connectivity index (χ1v) is 6.64. The van der Waals surface area contributed by atoms with Gasteiger partial charge in [-0.25, -0.2) is 9.97 Å². The Labute approximate surface area is 117 Å². The van der Waals surface area contributed by atoms with Gasteiger partial charge < -0.3 is 5.73 Å². The van der Waals surface area contributed by atoms with E-state index in [1.807, 2.05) is 42.1 Å². The summed E-state index contributed by atoms with van der Waals surface area (Å²) in [6, 6.07) is 8.02. The van der Waals surface area contributed by atoms with E-state index >= 15 is 0 Å². The van der Waals surface area contributed by atoms with Gasteiger partial charge in [0.2, 0.25) is 0 Å². The van der Waals surface area contributed by atoms with Crippen molar-refractivity contribution in [2.45, 2.75) is 26.8 Å². The Morgan fingerprint density at radius 1 is 1.10 bits per heavy atom. The summed E-state index contributed by atoms with van der Waals surface area (Å²) in [5.41, 5.74) is 10.3. The maximum atomic E-state index is 6.06. The number of para-hydroxylation sites is 2. The lowest BCUT2D eigenvalue weighted by Crippen LogP contribution is -2.00. The van der Waals surface area contributed by atoms with E-state index in [1.165, 1.54) is 0 Å². The number of hydrogen-bond donors (Lipinski definition) is 1. The predicted molar refractivity (Wildman–Crippen MR) is 80.3 cm³/mol. The number of anilines is 1. The number of nitrogen functional groups attached to an aromatic ring is 1. The highest BCUT2D eigenvalue weighted by Gasteiger charge is 2.15. The van der Waals surface area contributed by atoms with Gasteiger partial charge in [-0.3, -0.25) is 4.68 Å². The van der Waals surface area contributed by atoms with Crippen LogP contribution in [0.2, 0.25) is 0 Å². The van der Waals surface area contributed by atoms with Crippen LogP contribution in [0.3, 0.4) is 0 Å². The first-order valence-electron chi connectivity index (χ1n) is 6.64. The van der Waals surface area contributed by atoms with Gasteiger partial charge in [-0.2, -0.15) is 5.10 Å². The smallest absolute Gasteiger partial charge is 0.150 e. The normalized spacial score (nSPS) is 11.4. The molecule has 20 heavy (non-hydrogen) atoms. The zero-order valence-corrected chi connectivity index (χ0v) is 11.8. The maximum absolute atomic E-state index is 6.06. The predicted octanol–water partition coefficient (Wildman–Crippen LogP) is 2.96. The first kappa shape index (κ1) is 12.6. The average molecular weight is 267 g/mol. The van der Waals surface area contributed by atoms with Crippen molar-refractivity contribution >= 4 is 16.9 Å². The molecule has 3 aromatic rings. The van der Waals surface area contributed by atoms with Crippen molar-refractivity contribution in [2.75, 3.05) is 5.73 Å². The van der Waals surface area contributed by atoms with Gasteiger partial charge >= 0.3 is 0 Å². The molecule has 0 atom stereocenters. The van der Waals surface area contributed by atoms with Crippen LogP contribution in [0.4, 0.5) is 5.82 Å². The quantitative estimate of drug-likeness (QED) is 0.775. The molecule has 0 saturated heterocycles. The Balaban J connectivity index is 2.21. The Kier molecular flexibility index (Phi) is 2.89. The molecule has 0 amide bonds. The van der Waals surface area contributed by atoms with Crippen LogP contribution in [-0.4, -0.2) is 19.7 Å². The van der Waals surface area contributed by atoms with Crippen molar-refractivity contribution in [3.63, 3.8) is 0 Å². The minimum absolute atomic E-state index is 0.303. The van der Waals surface area contributed by atoms with Crippen molar-refractivity contribution in [1.82, 2.24) is 19.7 Å². The SMILES string of the molecule is Cc1nn(C(C)C)cc1-c1nc2ccccc2nc1N. The van der Waals surface area contributed by atoms with E-state index in [1.54, 1.807) is 0 Å². The van der Waals surface area contributed by atoms with Crippen molar-refractivity contribution in [2.24, 2.45) is 0 Å². The monoisotopic (exact) mass is 267 g/mol. The molecule has 0 fully saturated rings. The van der Waals surface area contributed by atoms with Crippen LogP contribution in [0.25, 0.3) is 22.3 Å². The molecule has 0 bridgehead atoms. The second-order valence-electron chi connectivity index (χ2n) is 5.15. The molecule has 1 aromatic carbocycles. The molecule has 3 rings (SSSR count). The number of rotatable bonds is 2. The molecule has 5 heteroatoms. The van der Waals surface area contributed by atoms with E-state index in [4.69, 9.17) is 5.73 Å². The van der Waals surface area contributed by atoms with Gasteiger partial charge in [-0.05, 0) is 32.9 Å². The number of aryl methyl sites for hydroxylation is 1. The van der Waals surface area contributed by atoms with Crippen LogP contribution in [0.5, 0.6) is 0 Å². The number of fused-ring (bicyclic) bond motifs is 1. The number of nitrogens with two attached hydrogens (primary N) is 1. The van der Waals surface area contributed by atoms with Crippen molar-refractivity contribution in [1.29, 1.82) is 0 Å². The summed E-state index contributed by atoms with van der Waals surface area (Å²) in [7, 11) is 0. The van der Waals surface area contributed by atoms with E-state index in [0.717, 1.165) is 22.3 Å². The molecule has 2 heterocycles. The standard InChI is InChI=1S/C15H17N5/c1-9(2)20-8-11(10(3)19-20)14-15(16)18-13-7-5-4-6-12(13)17-14/h4-9H,1-3H3,(H2,16,18). The Morgan fingerprint density at radius 2 is 1.75 bits per heavy atom. The highest BCUT2D eigenvalue weighted by Crippen LogP contribution is 2.27. The van der Waals surface area contributed by atoms with Crippen LogP contribution >= 0.6 is 0 Å². The van der Waals surface area contributed by atoms with Crippen LogP contribution in [-0.2, 0) is 0 Å². The summed E-state index contributed by atoms with van der Waals surface area (Å²) in [5, 5.41) is 4.50. The highest BCUT2D eigenvalue weighted by atomic mass is 15.3. The van der Waals surface area contributed by atoms with E-state index in [-0.39, 0.29) is 0 Å². The summed E-state index contributed by atoms with van der Waals surface area (Å²) < 4.78 is 1.92. The minimum atomic E-state index is 0.303. The molecule has 0 aliphatic carbocycles. The summed E-state index contributed by atoms with van der Waals surface area (Å²) >= 11 is 0. The molecular weight excluding hydrogens is 250 g/mol. The van der Waals surface area contributed by atoms with E-state index < -0.39 is 0 Å². The maximum Gasteiger partial charge on any atom is 0.150 e.